The lowest BCUT2D eigenvalue weighted by molar-refractivity contribution is -0.138. The fraction of sp³-hybridized carbons (Fsp3) is 0.722. The number of likely N-dealkylation sites (N-methyl/N-ethyl adjacent to an activating group) is 2. The summed E-state index contributed by atoms with van der Waals surface area (Å²) in [6, 6.07) is 0. The fourth-order valence-corrected chi connectivity index (χ4v) is 2.77. The zero-order chi connectivity index (χ0) is 18.4. The van der Waals surface area contributed by atoms with Crippen LogP contribution in [-0.4, -0.2) is 58.1 Å². The average molecular weight is 336 g/mol. The van der Waals surface area contributed by atoms with Gasteiger partial charge in [0.2, 0.25) is 11.8 Å². The Morgan fingerprint density at radius 1 is 1.12 bits per heavy atom. The van der Waals surface area contributed by atoms with Gasteiger partial charge in [0.25, 0.3) is 0 Å². The summed E-state index contributed by atoms with van der Waals surface area (Å²) in [5, 5.41) is 4.55. The molecule has 0 fully saturated rings. The molecule has 136 valence electrons. The van der Waals surface area contributed by atoms with Gasteiger partial charge in [0.15, 0.2) is 0 Å². The highest BCUT2D eigenvalue weighted by atomic mass is 16.2. The van der Waals surface area contributed by atoms with E-state index in [1.54, 1.807) is 11.9 Å². The van der Waals surface area contributed by atoms with Gasteiger partial charge in [-0.2, -0.15) is 5.10 Å². The Bertz CT molecular complexity index is 574. The van der Waals surface area contributed by atoms with Gasteiger partial charge < -0.3 is 9.80 Å². The Balaban J connectivity index is 2.77. The molecule has 0 aliphatic rings. The third kappa shape index (κ3) is 5.08. The van der Waals surface area contributed by atoms with E-state index >= 15 is 0 Å². The van der Waals surface area contributed by atoms with Gasteiger partial charge in [0.05, 0.1) is 18.7 Å². The summed E-state index contributed by atoms with van der Waals surface area (Å²) in [7, 11) is 1.69. The normalized spacial score (nSPS) is 11.0. The molecule has 0 saturated carbocycles. The number of amides is 2. The summed E-state index contributed by atoms with van der Waals surface area (Å²) in [5.41, 5.74) is 2.91. The first-order valence-corrected chi connectivity index (χ1v) is 8.75. The lowest BCUT2D eigenvalue weighted by Gasteiger charge is -2.23. The van der Waals surface area contributed by atoms with Crippen LogP contribution in [0.25, 0.3) is 0 Å². The Hall–Kier alpha value is -1.85. The monoisotopic (exact) mass is 336 g/mol. The summed E-state index contributed by atoms with van der Waals surface area (Å²) in [4.78, 5) is 27.9. The zero-order valence-electron chi connectivity index (χ0n) is 16.2. The van der Waals surface area contributed by atoms with E-state index in [-0.39, 0.29) is 24.8 Å². The summed E-state index contributed by atoms with van der Waals surface area (Å²) in [5.74, 6) is 0.437. The van der Waals surface area contributed by atoms with E-state index < -0.39 is 0 Å². The third-order valence-corrected chi connectivity index (χ3v) is 4.31. The van der Waals surface area contributed by atoms with Crippen molar-refractivity contribution in [1.29, 1.82) is 0 Å². The highest BCUT2D eigenvalue weighted by Crippen LogP contribution is 2.16. The molecule has 1 aromatic rings. The van der Waals surface area contributed by atoms with Crippen LogP contribution >= 0.6 is 0 Å². The maximum absolute atomic E-state index is 12.5. The molecule has 0 saturated heterocycles. The molecular weight excluding hydrogens is 304 g/mol. The number of hydrogen-bond acceptors (Lipinski definition) is 3. The summed E-state index contributed by atoms with van der Waals surface area (Å²) in [6.45, 7) is 14.4. The van der Waals surface area contributed by atoms with Gasteiger partial charge >= 0.3 is 0 Å². The van der Waals surface area contributed by atoms with Crippen LogP contribution in [0.5, 0.6) is 0 Å². The van der Waals surface area contributed by atoms with Gasteiger partial charge in [-0.05, 0) is 33.6 Å². The van der Waals surface area contributed by atoms with Crippen molar-refractivity contribution in [3.05, 3.63) is 17.0 Å². The van der Waals surface area contributed by atoms with Crippen molar-refractivity contribution in [2.45, 2.75) is 54.5 Å². The fourth-order valence-electron chi connectivity index (χ4n) is 2.77. The second-order valence-corrected chi connectivity index (χ2v) is 6.72. The molecule has 0 bridgehead atoms. The Morgan fingerprint density at radius 2 is 1.71 bits per heavy atom. The number of aryl methyl sites for hydroxylation is 1. The molecule has 6 nitrogen and oxygen atoms in total. The van der Waals surface area contributed by atoms with E-state index in [2.05, 4.69) is 18.9 Å². The molecule has 0 aliphatic heterocycles. The van der Waals surface area contributed by atoms with Crippen molar-refractivity contribution in [2.24, 2.45) is 5.92 Å². The molecule has 0 aliphatic carbocycles. The largest absolute Gasteiger partial charge is 0.342 e. The second kappa shape index (κ2) is 8.85. The SMILES string of the molecule is CCN(CC)C(=O)CN(C)C(=O)Cc1c(C)nn(CC(C)C)c1C. The summed E-state index contributed by atoms with van der Waals surface area (Å²) >= 11 is 0. The van der Waals surface area contributed by atoms with Crippen LogP contribution in [0.1, 0.15) is 44.6 Å². The van der Waals surface area contributed by atoms with E-state index in [9.17, 15) is 9.59 Å². The number of carbonyl (C=O) groups is 2. The van der Waals surface area contributed by atoms with Crippen molar-refractivity contribution in [3.8, 4) is 0 Å². The van der Waals surface area contributed by atoms with Crippen molar-refractivity contribution >= 4 is 11.8 Å². The average Bonchev–Trinajstić information content (AvgIpc) is 2.75. The molecule has 2 amide bonds. The molecule has 6 heteroatoms. The van der Waals surface area contributed by atoms with Gasteiger partial charge in [-0.15, -0.1) is 0 Å². The lowest BCUT2D eigenvalue weighted by atomic mass is 10.1. The first-order chi connectivity index (χ1) is 11.2. The minimum Gasteiger partial charge on any atom is -0.342 e. The van der Waals surface area contributed by atoms with Gasteiger partial charge in [0, 0.05) is 37.9 Å². The first-order valence-electron chi connectivity index (χ1n) is 8.75. The lowest BCUT2D eigenvalue weighted by Crippen LogP contribution is -2.41. The van der Waals surface area contributed by atoms with Crippen molar-refractivity contribution in [3.63, 3.8) is 0 Å². The number of hydrogen-bond donors (Lipinski definition) is 0. The smallest absolute Gasteiger partial charge is 0.242 e. The van der Waals surface area contributed by atoms with Gasteiger partial charge in [0.1, 0.15) is 0 Å². The molecular formula is C18H32N4O2. The van der Waals surface area contributed by atoms with E-state index in [4.69, 9.17) is 0 Å². The van der Waals surface area contributed by atoms with Crippen molar-refractivity contribution in [1.82, 2.24) is 19.6 Å². The first kappa shape index (κ1) is 20.2. The minimum absolute atomic E-state index is 0.0141. The van der Waals surface area contributed by atoms with E-state index in [0.29, 0.717) is 19.0 Å². The van der Waals surface area contributed by atoms with E-state index in [1.165, 1.54) is 4.90 Å². The number of aromatic nitrogens is 2. The predicted molar refractivity (Wildman–Crippen MR) is 95.8 cm³/mol. The second-order valence-electron chi connectivity index (χ2n) is 6.72. The van der Waals surface area contributed by atoms with Crippen molar-refractivity contribution < 1.29 is 9.59 Å². The molecule has 0 spiro atoms. The molecule has 1 rings (SSSR count). The van der Waals surface area contributed by atoms with Crippen LogP contribution in [0, 0.1) is 19.8 Å². The van der Waals surface area contributed by atoms with Crippen LogP contribution in [0.4, 0.5) is 0 Å². The maximum Gasteiger partial charge on any atom is 0.242 e. The highest BCUT2D eigenvalue weighted by molar-refractivity contribution is 5.85. The molecule has 24 heavy (non-hydrogen) atoms. The van der Waals surface area contributed by atoms with Crippen LogP contribution < -0.4 is 0 Å². The standard InChI is InChI=1S/C18H32N4O2/c1-8-21(9-2)18(24)12-20(7)17(23)10-16-14(5)19-22(15(16)6)11-13(3)4/h13H,8-12H2,1-7H3. The van der Waals surface area contributed by atoms with Crippen LogP contribution in [0.15, 0.2) is 0 Å². The Labute approximate surface area is 145 Å². The highest BCUT2D eigenvalue weighted by Gasteiger charge is 2.20. The predicted octanol–water partition coefficient (Wildman–Crippen LogP) is 2.03. The molecule has 0 aromatic carbocycles. The van der Waals surface area contributed by atoms with Crippen LogP contribution in [0.2, 0.25) is 0 Å². The molecule has 1 heterocycles. The van der Waals surface area contributed by atoms with E-state index in [1.807, 2.05) is 32.4 Å². The van der Waals surface area contributed by atoms with Gasteiger partial charge in [-0.3, -0.25) is 14.3 Å². The number of rotatable bonds is 8. The Kier molecular flexibility index (Phi) is 7.45. The van der Waals surface area contributed by atoms with Gasteiger partial charge in [-0.25, -0.2) is 0 Å². The summed E-state index contributed by atoms with van der Waals surface area (Å²) < 4.78 is 1.98. The maximum atomic E-state index is 12.5. The molecule has 0 radical (unpaired) electrons. The third-order valence-electron chi connectivity index (χ3n) is 4.31. The number of carbonyl (C=O) groups excluding carboxylic acids is 2. The molecule has 0 unspecified atom stereocenters. The van der Waals surface area contributed by atoms with E-state index in [0.717, 1.165) is 23.5 Å². The molecule has 0 atom stereocenters. The van der Waals surface area contributed by atoms with Crippen LogP contribution in [0.3, 0.4) is 0 Å². The molecule has 0 N–H and O–H groups in total. The van der Waals surface area contributed by atoms with Crippen LogP contribution in [-0.2, 0) is 22.6 Å². The zero-order valence-corrected chi connectivity index (χ0v) is 16.2. The summed E-state index contributed by atoms with van der Waals surface area (Å²) in [6.07, 6.45) is 0.289. The van der Waals surface area contributed by atoms with Gasteiger partial charge in [-0.1, -0.05) is 13.8 Å². The topological polar surface area (TPSA) is 58.4 Å². The minimum atomic E-state index is -0.0502. The molecule has 1 aromatic heterocycles. The number of nitrogens with zero attached hydrogens (tertiary/aromatic N) is 4. The van der Waals surface area contributed by atoms with Crippen molar-refractivity contribution in [2.75, 3.05) is 26.7 Å². The quantitative estimate of drug-likeness (QED) is 0.730. The Morgan fingerprint density at radius 3 is 2.21 bits per heavy atom.